The van der Waals surface area contributed by atoms with Gasteiger partial charge >= 0.3 is 0 Å². The summed E-state index contributed by atoms with van der Waals surface area (Å²) >= 11 is 0. The van der Waals surface area contributed by atoms with Gasteiger partial charge in [-0.05, 0) is 49.7 Å². The van der Waals surface area contributed by atoms with Crippen molar-refractivity contribution < 1.29 is 4.79 Å². The van der Waals surface area contributed by atoms with E-state index in [-0.39, 0.29) is 18.3 Å². The summed E-state index contributed by atoms with van der Waals surface area (Å²) in [5, 5.41) is 14.8. The SMILES string of the molecule is Cl.N#Cc1ccc(C(=O)NCC2CCNC2)cc1. The Kier molecular flexibility index (Phi) is 5.63. The van der Waals surface area contributed by atoms with Crippen molar-refractivity contribution in [2.24, 2.45) is 5.92 Å². The number of nitriles is 1. The van der Waals surface area contributed by atoms with E-state index in [0.717, 1.165) is 19.5 Å². The van der Waals surface area contributed by atoms with Crippen LogP contribution in [-0.2, 0) is 0 Å². The van der Waals surface area contributed by atoms with Crippen LogP contribution < -0.4 is 10.6 Å². The molecule has 1 saturated heterocycles. The molecule has 0 radical (unpaired) electrons. The molecule has 0 saturated carbocycles. The molecule has 2 rings (SSSR count). The average molecular weight is 266 g/mol. The van der Waals surface area contributed by atoms with Gasteiger partial charge in [0.05, 0.1) is 11.6 Å². The van der Waals surface area contributed by atoms with Gasteiger partial charge < -0.3 is 10.6 Å². The van der Waals surface area contributed by atoms with E-state index in [2.05, 4.69) is 10.6 Å². The summed E-state index contributed by atoms with van der Waals surface area (Å²) in [7, 11) is 0. The van der Waals surface area contributed by atoms with E-state index in [4.69, 9.17) is 5.26 Å². The maximum Gasteiger partial charge on any atom is 0.251 e. The molecule has 18 heavy (non-hydrogen) atoms. The molecule has 1 aliphatic heterocycles. The molecule has 1 amide bonds. The second-order valence-corrected chi connectivity index (χ2v) is 4.26. The Balaban J connectivity index is 0.00000162. The second kappa shape index (κ2) is 7.00. The molecule has 5 heteroatoms. The average Bonchev–Trinajstić information content (AvgIpc) is 2.89. The van der Waals surface area contributed by atoms with Crippen LogP contribution in [0.4, 0.5) is 0 Å². The van der Waals surface area contributed by atoms with E-state index in [1.165, 1.54) is 0 Å². The van der Waals surface area contributed by atoms with E-state index in [1.54, 1.807) is 24.3 Å². The normalized spacial score (nSPS) is 17.6. The Morgan fingerprint density at radius 3 is 2.72 bits per heavy atom. The third-order valence-electron chi connectivity index (χ3n) is 2.99. The third-order valence-corrected chi connectivity index (χ3v) is 2.99. The van der Waals surface area contributed by atoms with Crippen molar-refractivity contribution in [1.82, 2.24) is 10.6 Å². The summed E-state index contributed by atoms with van der Waals surface area (Å²) < 4.78 is 0. The van der Waals surface area contributed by atoms with Gasteiger partial charge in [0.25, 0.3) is 5.91 Å². The molecular formula is C13H16ClN3O. The molecule has 96 valence electrons. The van der Waals surface area contributed by atoms with Crippen molar-refractivity contribution in [3.8, 4) is 6.07 Å². The van der Waals surface area contributed by atoms with Gasteiger partial charge in [-0.25, -0.2) is 0 Å². The van der Waals surface area contributed by atoms with Gasteiger partial charge in [0.2, 0.25) is 0 Å². The van der Waals surface area contributed by atoms with Gasteiger partial charge in [-0.3, -0.25) is 4.79 Å². The van der Waals surface area contributed by atoms with Crippen LogP contribution in [0.25, 0.3) is 0 Å². The number of hydrogen-bond donors (Lipinski definition) is 2. The Labute approximate surface area is 113 Å². The molecule has 4 nitrogen and oxygen atoms in total. The maximum atomic E-state index is 11.8. The molecule has 1 heterocycles. The van der Waals surface area contributed by atoms with E-state index in [9.17, 15) is 4.79 Å². The van der Waals surface area contributed by atoms with Crippen molar-refractivity contribution in [2.75, 3.05) is 19.6 Å². The summed E-state index contributed by atoms with van der Waals surface area (Å²) in [6.07, 6.45) is 1.12. The summed E-state index contributed by atoms with van der Waals surface area (Å²) in [6.45, 7) is 2.73. The van der Waals surface area contributed by atoms with Crippen LogP contribution in [0.1, 0.15) is 22.3 Å². The predicted octanol–water partition coefficient (Wildman–Crippen LogP) is 1.32. The van der Waals surface area contributed by atoms with Gasteiger partial charge in [0.15, 0.2) is 0 Å². The number of carbonyl (C=O) groups is 1. The highest BCUT2D eigenvalue weighted by Crippen LogP contribution is 2.07. The minimum Gasteiger partial charge on any atom is -0.352 e. The van der Waals surface area contributed by atoms with Crippen LogP contribution in [0, 0.1) is 17.2 Å². The minimum absolute atomic E-state index is 0. The Bertz CT molecular complexity index is 433. The quantitative estimate of drug-likeness (QED) is 0.866. The number of benzene rings is 1. The van der Waals surface area contributed by atoms with E-state index in [0.29, 0.717) is 23.6 Å². The first-order valence-electron chi connectivity index (χ1n) is 5.78. The topological polar surface area (TPSA) is 64.9 Å². The molecule has 2 N–H and O–H groups in total. The minimum atomic E-state index is -0.0682. The molecule has 1 aromatic carbocycles. The summed E-state index contributed by atoms with van der Waals surface area (Å²) in [4.78, 5) is 11.8. The lowest BCUT2D eigenvalue weighted by atomic mass is 10.1. The number of amides is 1. The lowest BCUT2D eigenvalue weighted by Gasteiger charge is -2.09. The van der Waals surface area contributed by atoms with Crippen molar-refractivity contribution in [1.29, 1.82) is 5.26 Å². The summed E-state index contributed by atoms with van der Waals surface area (Å²) in [6, 6.07) is 8.71. The Morgan fingerprint density at radius 1 is 1.44 bits per heavy atom. The van der Waals surface area contributed by atoms with Crippen LogP contribution in [0.15, 0.2) is 24.3 Å². The molecule has 0 aliphatic carbocycles. The van der Waals surface area contributed by atoms with E-state index < -0.39 is 0 Å². The molecule has 0 bridgehead atoms. The first kappa shape index (κ1) is 14.5. The molecule has 0 spiro atoms. The largest absolute Gasteiger partial charge is 0.352 e. The number of nitrogens with zero attached hydrogens (tertiary/aromatic N) is 1. The van der Waals surface area contributed by atoms with Crippen LogP contribution in [0.5, 0.6) is 0 Å². The standard InChI is InChI=1S/C13H15N3O.ClH/c14-7-10-1-3-12(4-2-10)13(17)16-9-11-5-6-15-8-11;/h1-4,11,15H,5-6,8-9H2,(H,16,17);1H. The highest BCUT2D eigenvalue weighted by molar-refractivity contribution is 5.94. The van der Waals surface area contributed by atoms with Gasteiger partial charge in [-0.2, -0.15) is 5.26 Å². The lowest BCUT2D eigenvalue weighted by Crippen LogP contribution is -2.30. The van der Waals surface area contributed by atoms with Crippen LogP contribution >= 0.6 is 12.4 Å². The van der Waals surface area contributed by atoms with Crippen LogP contribution in [-0.4, -0.2) is 25.5 Å². The fraction of sp³-hybridized carbons (Fsp3) is 0.385. The van der Waals surface area contributed by atoms with Gasteiger partial charge in [0, 0.05) is 12.1 Å². The number of hydrogen-bond acceptors (Lipinski definition) is 3. The van der Waals surface area contributed by atoms with Crippen molar-refractivity contribution >= 4 is 18.3 Å². The maximum absolute atomic E-state index is 11.8. The smallest absolute Gasteiger partial charge is 0.251 e. The van der Waals surface area contributed by atoms with Gasteiger partial charge in [-0.15, -0.1) is 12.4 Å². The highest BCUT2D eigenvalue weighted by atomic mass is 35.5. The third kappa shape index (κ3) is 3.73. The molecule has 1 aromatic rings. The molecule has 1 fully saturated rings. The fourth-order valence-electron chi connectivity index (χ4n) is 1.92. The van der Waals surface area contributed by atoms with E-state index in [1.807, 2.05) is 6.07 Å². The van der Waals surface area contributed by atoms with E-state index >= 15 is 0 Å². The first-order valence-corrected chi connectivity index (χ1v) is 5.78. The monoisotopic (exact) mass is 265 g/mol. The van der Waals surface area contributed by atoms with Gasteiger partial charge in [-0.1, -0.05) is 0 Å². The fourth-order valence-corrected chi connectivity index (χ4v) is 1.92. The molecule has 1 aliphatic rings. The zero-order valence-corrected chi connectivity index (χ0v) is 10.8. The zero-order valence-electron chi connectivity index (χ0n) is 9.98. The Hall–Kier alpha value is -1.57. The number of halogens is 1. The van der Waals surface area contributed by atoms with Crippen LogP contribution in [0.2, 0.25) is 0 Å². The Morgan fingerprint density at radius 2 is 2.17 bits per heavy atom. The van der Waals surface area contributed by atoms with Crippen molar-refractivity contribution in [3.05, 3.63) is 35.4 Å². The number of nitrogens with one attached hydrogen (secondary N) is 2. The van der Waals surface area contributed by atoms with Gasteiger partial charge in [0.1, 0.15) is 0 Å². The molecule has 0 aromatic heterocycles. The lowest BCUT2D eigenvalue weighted by molar-refractivity contribution is 0.0948. The first-order chi connectivity index (χ1) is 8.29. The zero-order chi connectivity index (χ0) is 12.1. The molecule has 1 unspecified atom stereocenters. The molecule has 1 atom stereocenters. The summed E-state index contributed by atoms with van der Waals surface area (Å²) in [5.41, 5.74) is 1.18. The van der Waals surface area contributed by atoms with Crippen molar-refractivity contribution in [3.63, 3.8) is 0 Å². The number of carbonyl (C=O) groups excluding carboxylic acids is 1. The predicted molar refractivity (Wildman–Crippen MR) is 71.7 cm³/mol. The molecular weight excluding hydrogens is 250 g/mol. The second-order valence-electron chi connectivity index (χ2n) is 4.26. The summed E-state index contributed by atoms with van der Waals surface area (Å²) in [5.74, 6) is 0.471. The number of rotatable bonds is 3. The van der Waals surface area contributed by atoms with Crippen molar-refractivity contribution in [2.45, 2.75) is 6.42 Å². The highest BCUT2D eigenvalue weighted by Gasteiger charge is 2.15. The van der Waals surface area contributed by atoms with Crippen LogP contribution in [0.3, 0.4) is 0 Å².